The lowest BCUT2D eigenvalue weighted by Gasteiger charge is -2.40. The summed E-state index contributed by atoms with van der Waals surface area (Å²) in [6, 6.07) is 7.26. The Labute approximate surface area is 124 Å². The smallest absolute Gasteiger partial charge is 0.123 e. The number of piperidine rings is 1. The van der Waals surface area contributed by atoms with Crippen molar-refractivity contribution in [1.82, 2.24) is 4.90 Å². The van der Waals surface area contributed by atoms with Gasteiger partial charge in [0.25, 0.3) is 0 Å². The van der Waals surface area contributed by atoms with Crippen LogP contribution in [0.1, 0.15) is 31.7 Å². The zero-order valence-corrected chi connectivity index (χ0v) is 13.3. The van der Waals surface area contributed by atoms with E-state index >= 15 is 0 Å². The van der Waals surface area contributed by atoms with Crippen LogP contribution in [0.15, 0.2) is 22.7 Å². The standard InChI is InChI=1S/C15H23BrN2O/c1-11-4-3-5-14(9-17)18(11)10-12-8-13(16)6-7-15(12)19-2/h6-8,11,14H,3-5,9-10,17H2,1-2H3. The largest absolute Gasteiger partial charge is 0.496 e. The van der Waals surface area contributed by atoms with Crippen LogP contribution in [0, 0.1) is 0 Å². The Morgan fingerprint density at radius 2 is 2.21 bits per heavy atom. The molecule has 3 nitrogen and oxygen atoms in total. The maximum Gasteiger partial charge on any atom is 0.123 e. The van der Waals surface area contributed by atoms with Crippen molar-refractivity contribution in [1.29, 1.82) is 0 Å². The molecule has 1 heterocycles. The molecule has 2 rings (SSSR count). The Morgan fingerprint density at radius 1 is 1.42 bits per heavy atom. The first kappa shape index (κ1) is 14.8. The van der Waals surface area contributed by atoms with Gasteiger partial charge in [0.2, 0.25) is 0 Å². The quantitative estimate of drug-likeness (QED) is 0.923. The maximum absolute atomic E-state index is 5.93. The summed E-state index contributed by atoms with van der Waals surface area (Å²) in [7, 11) is 1.73. The van der Waals surface area contributed by atoms with E-state index in [1.165, 1.54) is 24.8 Å². The highest BCUT2D eigenvalue weighted by atomic mass is 79.9. The van der Waals surface area contributed by atoms with E-state index in [1.807, 2.05) is 12.1 Å². The fraction of sp³-hybridized carbons (Fsp3) is 0.600. The van der Waals surface area contributed by atoms with E-state index in [-0.39, 0.29) is 0 Å². The number of nitrogens with two attached hydrogens (primary N) is 1. The molecule has 0 aliphatic carbocycles. The Bertz CT molecular complexity index is 425. The fourth-order valence-electron chi connectivity index (χ4n) is 2.95. The van der Waals surface area contributed by atoms with E-state index in [1.54, 1.807) is 7.11 Å². The molecule has 1 aromatic carbocycles. The number of benzene rings is 1. The summed E-state index contributed by atoms with van der Waals surface area (Å²) in [5.41, 5.74) is 7.15. The van der Waals surface area contributed by atoms with E-state index < -0.39 is 0 Å². The Morgan fingerprint density at radius 3 is 2.89 bits per heavy atom. The topological polar surface area (TPSA) is 38.5 Å². The van der Waals surface area contributed by atoms with Gasteiger partial charge in [0, 0.05) is 35.2 Å². The molecule has 0 aromatic heterocycles. The highest BCUT2D eigenvalue weighted by molar-refractivity contribution is 9.10. The zero-order chi connectivity index (χ0) is 13.8. The van der Waals surface area contributed by atoms with Gasteiger partial charge < -0.3 is 10.5 Å². The monoisotopic (exact) mass is 326 g/mol. The number of likely N-dealkylation sites (tertiary alicyclic amines) is 1. The van der Waals surface area contributed by atoms with E-state index in [0.717, 1.165) is 23.3 Å². The van der Waals surface area contributed by atoms with Gasteiger partial charge in [0.1, 0.15) is 5.75 Å². The molecule has 19 heavy (non-hydrogen) atoms. The van der Waals surface area contributed by atoms with Gasteiger partial charge in [-0.1, -0.05) is 22.4 Å². The predicted octanol–water partition coefficient (Wildman–Crippen LogP) is 3.16. The van der Waals surface area contributed by atoms with Gasteiger partial charge in [0.05, 0.1) is 7.11 Å². The van der Waals surface area contributed by atoms with Gasteiger partial charge in [-0.2, -0.15) is 0 Å². The van der Waals surface area contributed by atoms with Crippen molar-refractivity contribution in [2.45, 2.75) is 44.8 Å². The first-order valence-electron chi connectivity index (χ1n) is 6.94. The summed E-state index contributed by atoms with van der Waals surface area (Å²) in [6.07, 6.45) is 3.75. The molecule has 2 atom stereocenters. The van der Waals surface area contributed by atoms with Gasteiger partial charge >= 0.3 is 0 Å². The molecule has 106 valence electrons. The van der Waals surface area contributed by atoms with Gasteiger partial charge in [-0.3, -0.25) is 4.90 Å². The average Bonchev–Trinajstić information content (AvgIpc) is 2.41. The predicted molar refractivity (Wildman–Crippen MR) is 82.4 cm³/mol. The number of nitrogens with zero attached hydrogens (tertiary/aromatic N) is 1. The van der Waals surface area contributed by atoms with E-state index in [2.05, 4.69) is 33.8 Å². The highest BCUT2D eigenvalue weighted by Crippen LogP contribution is 2.29. The second kappa shape index (κ2) is 6.73. The summed E-state index contributed by atoms with van der Waals surface area (Å²) in [6.45, 7) is 3.94. The minimum Gasteiger partial charge on any atom is -0.496 e. The van der Waals surface area contributed by atoms with Crippen LogP contribution in [-0.4, -0.2) is 30.6 Å². The van der Waals surface area contributed by atoms with Gasteiger partial charge in [-0.25, -0.2) is 0 Å². The number of hydrogen-bond acceptors (Lipinski definition) is 3. The van der Waals surface area contributed by atoms with Crippen molar-refractivity contribution in [3.8, 4) is 5.75 Å². The summed E-state index contributed by atoms with van der Waals surface area (Å²) in [4.78, 5) is 2.52. The van der Waals surface area contributed by atoms with Crippen LogP contribution >= 0.6 is 15.9 Å². The van der Waals surface area contributed by atoms with Crippen LogP contribution in [0.2, 0.25) is 0 Å². The molecule has 2 N–H and O–H groups in total. The number of hydrogen-bond donors (Lipinski definition) is 1. The van der Waals surface area contributed by atoms with Gasteiger partial charge in [-0.05, 0) is 38.0 Å². The van der Waals surface area contributed by atoms with Crippen LogP contribution in [0.4, 0.5) is 0 Å². The molecule has 0 amide bonds. The van der Waals surface area contributed by atoms with E-state index in [9.17, 15) is 0 Å². The second-order valence-electron chi connectivity index (χ2n) is 5.30. The Balaban J connectivity index is 2.20. The average molecular weight is 327 g/mol. The van der Waals surface area contributed by atoms with Crippen molar-refractivity contribution in [2.24, 2.45) is 5.73 Å². The first-order chi connectivity index (χ1) is 9.15. The lowest BCUT2D eigenvalue weighted by molar-refractivity contribution is 0.0883. The Hall–Kier alpha value is -0.580. The molecule has 1 aliphatic rings. The van der Waals surface area contributed by atoms with Crippen molar-refractivity contribution < 1.29 is 4.74 Å². The molecule has 0 spiro atoms. The lowest BCUT2D eigenvalue weighted by Crippen LogP contribution is -2.48. The number of ether oxygens (including phenoxy) is 1. The molecule has 2 unspecified atom stereocenters. The van der Waals surface area contributed by atoms with Crippen LogP contribution in [-0.2, 0) is 6.54 Å². The molecule has 1 aromatic rings. The number of rotatable bonds is 4. The van der Waals surface area contributed by atoms with Gasteiger partial charge in [0.15, 0.2) is 0 Å². The van der Waals surface area contributed by atoms with Gasteiger partial charge in [-0.15, -0.1) is 0 Å². The third kappa shape index (κ3) is 3.50. The minimum atomic E-state index is 0.493. The Kier molecular flexibility index (Phi) is 5.25. The SMILES string of the molecule is COc1ccc(Br)cc1CN1C(C)CCCC1CN. The highest BCUT2D eigenvalue weighted by Gasteiger charge is 2.27. The van der Waals surface area contributed by atoms with Crippen molar-refractivity contribution >= 4 is 15.9 Å². The lowest BCUT2D eigenvalue weighted by atomic mass is 9.95. The van der Waals surface area contributed by atoms with Crippen LogP contribution in [0.5, 0.6) is 5.75 Å². The molecule has 0 bridgehead atoms. The summed E-state index contributed by atoms with van der Waals surface area (Å²) < 4.78 is 6.56. The van der Waals surface area contributed by atoms with E-state index in [0.29, 0.717) is 12.1 Å². The molecule has 1 fully saturated rings. The third-order valence-electron chi connectivity index (χ3n) is 4.06. The minimum absolute atomic E-state index is 0.493. The van der Waals surface area contributed by atoms with Crippen molar-refractivity contribution in [3.05, 3.63) is 28.2 Å². The van der Waals surface area contributed by atoms with Crippen LogP contribution in [0.25, 0.3) is 0 Å². The van der Waals surface area contributed by atoms with Crippen LogP contribution in [0.3, 0.4) is 0 Å². The summed E-state index contributed by atoms with van der Waals surface area (Å²) in [5.74, 6) is 0.955. The van der Waals surface area contributed by atoms with E-state index in [4.69, 9.17) is 10.5 Å². The molecule has 0 radical (unpaired) electrons. The first-order valence-corrected chi connectivity index (χ1v) is 7.73. The molecular weight excluding hydrogens is 304 g/mol. The normalized spacial score (nSPS) is 24.4. The zero-order valence-electron chi connectivity index (χ0n) is 11.7. The maximum atomic E-state index is 5.93. The van der Waals surface area contributed by atoms with Crippen molar-refractivity contribution in [3.63, 3.8) is 0 Å². The van der Waals surface area contributed by atoms with Crippen LogP contribution < -0.4 is 10.5 Å². The molecule has 0 saturated carbocycles. The molecule has 1 aliphatic heterocycles. The second-order valence-corrected chi connectivity index (χ2v) is 6.21. The number of halogens is 1. The number of methoxy groups -OCH3 is 1. The molecular formula is C15H23BrN2O. The molecule has 1 saturated heterocycles. The fourth-order valence-corrected chi connectivity index (χ4v) is 3.35. The summed E-state index contributed by atoms with van der Waals surface area (Å²) >= 11 is 3.54. The summed E-state index contributed by atoms with van der Waals surface area (Å²) in [5, 5.41) is 0. The third-order valence-corrected chi connectivity index (χ3v) is 4.56. The van der Waals surface area contributed by atoms with Crippen molar-refractivity contribution in [2.75, 3.05) is 13.7 Å². The molecule has 4 heteroatoms.